The zero-order valence-electron chi connectivity index (χ0n) is 19.4. The maximum absolute atomic E-state index is 12.9. The molecule has 33 heavy (non-hydrogen) atoms. The van der Waals surface area contributed by atoms with Crippen LogP contribution < -0.4 is 4.80 Å². The van der Waals surface area contributed by atoms with Crippen molar-refractivity contribution in [3.63, 3.8) is 0 Å². The molecule has 1 fully saturated rings. The highest BCUT2D eigenvalue weighted by atomic mass is 32.2. The first kappa shape index (κ1) is 23.9. The summed E-state index contributed by atoms with van der Waals surface area (Å²) in [6, 6.07) is 15.4. The minimum Gasteiger partial charge on any atom is -0.379 e. The fourth-order valence-corrected chi connectivity index (χ4v) is 6.08. The van der Waals surface area contributed by atoms with Gasteiger partial charge in [-0.05, 0) is 49.1 Å². The molecular weight excluding hydrogens is 454 g/mol. The average molecular weight is 486 g/mol. The van der Waals surface area contributed by atoms with E-state index in [0.29, 0.717) is 37.1 Å². The van der Waals surface area contributed by atoms with Crippen LogP contribution in [0.2, 0.25) is 0 Å². The lowest BCUT2D eigenvalue weighted by atomic mass is 10.1. The SMILES string of the molecule is Cc1ccc(-c2csc(=Nc3ccc(S(=O)(=O)N4CCOCC4)cc3)n2CCC(C)C)cc1. The molecule has 1 aromatic heterocycles. The van der Waals surface area contributed by atoms with Crippen LogP contribution in [0, 0.1) is 12.8 Å². The highest BCUT2D eigenvalue weighted by Gasteiger charge is 2.26. The molecular formula is C25H31N3O3S2. The number of nitrogens with zero attached hydrogens (tertiary/aromatic N) is 3. The number of sulfonamides is 1. The van der Waals surface area contributed by atoms with E-state index >= 15 is 0 Å². The quantitative estimate of drug-likeness (QED) is 0.482. The Kier molecular flexibility index (Phi) is 7.48. The molecule has 0 atom stereocenters. The van der Waals surface area contributed by atoms with Crippen LogP contribution in [0.4, 0.5) is 5.69 Å². The average Bonchev–Trinajstić information content (AvgIpc) is 3.21. The predicted molar refractivity (Wildman–Crippen MR) is 133 cm³/mol. The van der Waals surface area contributed by atoms with Crippen LogP contribution in [-0.2, 0) is 21.3 Å². The molecule has 4 rings (SSSR count). The summed E-state index contributed by atoms with van der Waals surface area (Å²) in [6.07, 6.45) is 1.06. The third-order valence-corrected chi connectivity index (χ3v) is 8.52. The monoisotopic (exact) mass is 485 g/mol. The Bertz CT molecular complexity index is 1240. The normalized spacial score (nSPS) is 15.9. The van der Waals surface area contributed by atoms with E-state index < -0.39 is 10.0 Å². The minimum absolute atomic E-state index is 0.294. The fourth-order valence-electron chi connectivity index (χ4n) is 3.72. The molecule has 0 aliphatic carbocycles. The molecule has 1 saturated heterocycles. The van der Waals surface area contributed by atoms with E-state index in [2.05, 4.69) is 55.0 Å². The topological polar surface area (TPSA) is 63.9 Å². The number of rotatable bonds is 7. The largest absolute Gasteiger partial charge is 0.379 e. The van der Waals surface area contributed by atoms with E-state index in [4.69, 9.17) is 9.73 Å². The van der Waals surface area contributed by atoms with Crippen LogP contribution in [0.3, 0.4) is 0 Å². The van der Waals surface area contributed by atoms with Crippen molar-refractivity contribution in [2.75, 3.05) is 26.3 Å². The molecule has 3 aromatic rings. The molecule has 0 N–H and O–H groups in total. The van der Waals surface area contributed by atoms with Gasteiger partial charge >= 0.3 is 0 Å². The highest BCUT2D eigenvalue weighted by Crippen LogP contribution is 2.24. The lowest BCUT2D eigenvalue weighted by Crippen LogP contribution is -2.40. The number of hydrogen-bond donors (Lipinski definition) is 0. The summed E-state index contributed by atoms with van der Waals surface area (Å²) < 4.78 is 34.8. The lowest BCUT2D eigenvalue weighted by Gasteiger charge is -2.26. The number of hydrogen-bond acceptors (Lipinski definition) is 5. The first-order valence-corrected chi connectivity index (χ1v) is 13.6. The lowest BCUT2D eigenvalue weighted by molar-refractivity contribution is 0.0730. The molecule has 176 valence electrons. The van der Waals surface area contributed by atoms with Crippen molar-refractivity contribution < 1.29 is 13.2 Å². The van der Waals surface area contributed by atoms with Gasteiger partial charge in [-0.15, -0.1) is 11.3 Å². The number of thiazole rings is 1. The van der Waals surface area contributed by atoms with Crippen LogP contribution in [0.1, 0.15) is 25.8 Å². The number of ether oxygens (including phenoxy) is 1. The Balaban J connectivity index is 1.66. The fraction of sp³-hybridized carbons (Fsp3) is 0.400. The summed E-state index contributed by atoms with van der Waals surface area (Å²) in [7, 11) is -3.50. The van der Waals surface area contributed by atoms with E-state index in [-0.39, 0.29) is 0 Å². The Hall–Kier alpha value is -2.26. The Morgan fingerprint density at radius 1 is 1.03 bits per heavy atom. The van der Waals surface area contributed by atoms with Crippen LogP contribution >= 0.6 is 11.3 Å². The number of aromatic nitrogens is 1. The molecule has 6 nitrogen and oxygen atoms in total. The van der Waals surface area contributed by atoms with Gasteiger partial charge in [0.05, 0.1) is 29.5 Å². The molecule has 1 aliphatic rings. The van der Waals surface area contributed by atoms with E-state index in [1.54, 1.807) is 35.6 Å². The molecule has 0 radical (unpaired) electrons. The first-order chi connectivity index (χ1) is 15.8. The zero-order chi connectivity index (χ0) is 23.4. The Morgan fingerprint density at radius 2 is 1.70 bits per heavy atom. The maximum Gasteiger partial charge on any atom is 0.243 e. The molecule has 1 aliphatic heterocycles. The van der Waals surface area contributed by atoms with Crippen molar-refractivity contribution in [2.45, 2.75) is 38.6 Å². The van der Waals surface area contributed by atoms with Crippen molar-refractivity contribution in [3.8, 4) is 11.3 Å². The first-order valence-electron chi connectivity index (χ1n) is 11.3. The summed E-state index contributed by atoms with van der Waals surface area (Å²) in [6.45, 7) is 9.07. The predicted octanol–water partition coefficient (Wildman–Crippen LogP) is 4.82. The van der Waals surface area contributed by atoms with Gasteiger partial charge in [0.1, 0.15) is 0 Å². The summed E-state index contributed by atoms with van der Waals surface area (Å²) in [5.41, 5.74) is 4.31. The molecule has 0 saturated carbocycles. The molecule has 0 bridgehead atoms. The van der Waals surface area contributed by atoms with Gasteiger partial charge in [0.2, 0.25) is 10.0 Å². The van der Waals surface area contributed by atoms with Crippen molar-refractivity contribution in [1.29, 1.82) is 0 Å². The Morgan fingerprint density at radius 3 is 2.33 bits per heavy atom. The number of aryl methyl sites for hydroxylation is 1. The summed E-state index contributed by atoms with van der Waals surface area (Å²) >= 11 is 1.61. The van der Waals surface area contributed by atoms with E-state index in [0.717, 1.165) is 29.1 Å². The van der Waals surface area contributed by atoms with Gasteiger partial charge in [0.25, 0.3) is 0 Å². The standard InChI is InChI=1S/C25H31N3O3S2/c1-19(2)12-13-28-24(21-6-4-20(3)5-7-21)18-32-25(28)26-22-8-10-23(11-9-22)33(29,30)27-14-16-31-17-15-27/h4-11,18-19H,12-17H2,1-3H3. The van der Waals surface area contributed by atoms with Crippen LogP contribution in [0.25, 0.3) is 11.3 Å². The second-order valence-corrected chi connectivity index (χ2v) is 11.5. The van der Waals surface area contributed by atoms with E-state index in [9.17, 15) is 8.42 Å². The van der Waals surface area contributed by atoms with Crippen molar-refractivity contribution in [1.82, 2.24) is 8.87 Å². The third kappa shape index (κ3) is 5.63. The molecule has 0 unspecified atom stereocenters. The summed E-state index contributed by atoms with van der Waals surface area (Å²) in [5, 5.41) is 2.15. The maximum atomic E-state index is 12.9. The van der Waals surface area contributed by atoms with Crippen LogP contribution in [0.15, 0.2) is 63.8 Å². The minimum atomic E-state index is -3.50. The van der Waals surface area contributed by atoms with Crippen molar-refractivity contribution >= 4 is 27.0 Å². The number of morpholine rings is 1. The van der Waals surface area contributed by atoms with Gasteiger partial charge in [-0.3, -0.25) is 0 Å². The van der Waals surface area contributed by atoms with Gasteiger partial charge in [-0.2, -0.15) is 4.31 Å². The van der Waals surface area contributed by atoms with Crippen molar-refractivity contribution in [3.05, 3.63) is 64.3 Å². The molecule has 0 spiro atoms. The van der Waals surface area contributed by atoms with Gasteiger partial charge in [-0.1, -0.05) is 43.7 Å². The van der Waals surface area contributed by atoms with Crippen LogP contribution in [0.5, 0.6) is 0 Å². The highest BCUT2D eigenvalue weighted by molar-refractivity contribution is 7.89. The van der Waals surface area contributed by atoms with Gasteiger partial charge in [0.15, 0.2) is 4.80 Å². The molecule has 0 amide bonds. The Labute approximate surface area is 200 Å². The van der Waals surface area contributed by atoms with Gasteiger partial charge < -0.3 is 9.30 Å². The van der Waals surface area contributed by atoms with Crippen LogP contribution in [-0.4, -0.2) is 43.6 Å². The van der Waals surface area contributed by atoms with Gasteiger partial charge in [-0.25, -0.2) is 13.4 Å². The second-order valence-electron chi connectivity index (χ2n) is 8.73. The molecule has 2 aromatic carbocycles. The zero-order valence-corrected chi connectivity index (χ0v) is 21.0. The molecule has 2 heterocycles. The van der Waals surface area contributed by atoms with E-state index in [1.165, 1.54) is 15.4 Å². The second kappa shape index (κ2) is 10.3. The summed E-state index contributed by atoms with van der Waals surface area (Å²) in [4.78, 5) is 6.08. The van der Waals surface area contributed by atoms with E-state index in [1.807, 2.05) is 0 Å². The summed E-state index contributed by atoms with van der Waals surface area (Å²) in [5.74, 6) is 0.584. The smallest absolute Gasteiger partial charge is 0.243 e. The molecule has 8 heteroatoms. The number of benzene rings is 2. The van der Waals surface area contributed by atoms with Crippen molar-refractivity contribution in [2.24, 2.45) is 10.9 Å². The van der Waals surface area contributed by atoms with Gasteiger partial charge in [0, 0.05) is 25.0 Å². The third-order valence-electron chi connectivity index (χ3n) is 5.74.